The van der Waals surface area contributed by atoms with Crippen molar-refractivity contribution in [3.63, 3.8) is 0 Å². The number of methoxy groups -OCH3 is 1. The predicted octanol–water partition coefficient (Wildman–Crippen LogP) is -0.00510. The van der Waals surface area contributed by atoms with E-state index in [0.29, 0.717) is 0 Å². The van der Waals surface area contributed by atoms with Crippen LogP contribution in [0.5, 0.6) is 0 Å². The van der Waals surface area contributed by atoms with Gasteiger partial charge in [-0.2, -0.15) is 0 Å². The standard InChI is InChI=1S/C13H18N2O5/c1-13(8-20-3,7-10(16)17)14-11(18)9-5-4-6-15(2)12(9)19/h4-6H,7-8H2,1-3H3,(H,14,18)(H,16,17). The van der Waals surface area contributed by atoms with Crippen molar-refractivity contribution >= 4 is 11.9 Å². The monoisotopic (exact) mass is 282 g/mol. The molecule has 1 heterocycles. The van der Waals surface area contributed by atoms with Crippen molar-refractivity contribution in [3.05, 3.63) is 34.2 Å². The van der Waals surface area contributed by atoms with Crippen LogP contribution in [0.15, 0.2) is 23.1 Å². The van der Waals surface area contributed by atoms with Gasteiger partial charge < -0.3 is 19.7 Å². The van der Waals surface area contributed by atoms with Gasteiger partial charge >= 0.3 is 5.97 Å². The molecule has 1 unspecified atom stereocenters. The van der Waals surface area contributed by atoms with Gasteiger partial charge in [-0.3, -0.25) is 14.4 Å². The summed E-state index contributed by atoms with van der Waals surface area (Å²) >= 11 is 0. The molecule has 0 aromatic carbocycles. The van der Waals surface area contributed by atoms with Crippen LogP contribution in [0, 0.1) is 0 Å². The molecule has 0 spiro atoms. The first-order valence-electron chi connectivity index (χ1n) is 5.98. The molecule has 0 aliphatic heterocycles. The normalized spacial score (nSPS) is 13.6. The second kappa shape index (κ2) is 6.33. The molecule has 2 N–H and O–H groups in total. The Hall–Kier alpha value is -2.15. The number of nitrogens with zero attached hydrogens (tertiary/aromatic N) is 1. The fourth-order valence-electron chi connectivity index (χ4n) is 1.90. The van der Waals surface area contributed by atoms with E-state index >= 15 is 0 Å². The Labute approximate surface area is 116 Å². The van der Waals surface area contributed by atoms with Crippen LogP contribution in [0.2, 0.25) is 0 Å². The first-order valence-corrected chi connectivity index (χ1v) is 5.98. The van der Waals surface area contributed by atoms with Gasteiger partial charge in [0.05, 0.1) is 18.6 Å². The molecule has 1 aromatic heterocycles. The Kier molecular flexibility index (Phi) is 5.04. The number of ether oxygens (including phenoxy) is 1. The van der Waals surface area contributed by atoms with Crippen molar-refractivity contribution < 1.29 is 19.4 Å². The molecule has 0 saturated carbocycles. The Morgan fingerprint density at radius 3 is 2.70 bits per heavy atom. The molecule has 7 nitrogen and oxygen atoms in total. The lowest BCUT2D eigenvalue weighted by molar-refractivity contribution is -0.139. The van der Waals surface area contributed by atoms with E-state index < -0.39 is 23.0 Å². The summed E-state index contributed by atoms with van der Waals surface area (Å²) in [6, 6.07) is 2.97. The molecule has 0 radical (unpaired) electrons. The Balaban J connectivity index is 2.99. The third kappa shape index (κ3) is 3.92. The summed E-state index contributed by atoms with van der Waals surface area (Å²) in [5, 5.41) is 11.4. The zero-order valence-corrected chi connectivity index (χ0v) is 11.7. The highest BCUT2D eigenvalue weighted by atomic mass is 16.5. The largest absolute Gasteiger partial charge is 0.481 e. The van der Waals surface area contributed by atoms with Crippen molar-refractivity contribution in [3.8, 4) is 0 Å². The van der Waals surface area contributed by atoms with E-state index in [0.717, 1.165) is 0 Å². The van der Waals surface area contributed by atoms with Crippen LogP contribution in [0.1, 0.15) is 23.7 Å². The molecule has 0 fully saturated rings. The molecule has 0 bridgehead atoms. The molecule has 110 valence electrons. The molecule has 0 aliphatic rings. The maximum atomic E-state index is 12.1. The smallest absolute Gasteiger partial charge is 0.305 e. The summed E-state index contributed by atoms with van der Waals surface area (Å²) in [7, 11) is 2.94. The fraction of sp³-hybridized carbons (Fsp3) is 0.462. The molecule has 0 aliphatic carbocycles. The van der Waals surface area contributed by atoms with Crippen LogP contribution in [0.25, 0.3) is 0 Å². The highest BCUT2D eigenvalue weighted by molar-refractivity contribution is 5.94. The minimum absolute atomic E-state index is 0.0260. The molecule has 7 heteroatoms. The topological polar surface area (TPSA) is 97.6 Å². The van der Waals surface area contributed by atoms with Crippen LogP contribution < -0.4 is 10.9 Å². The first kappa shape index (κ1) is 15.9. The summed E-state index contributed by atoms with van der Waals surface area (Å²) in [5.74, 6) is -1.68. The number of aromatic nitrogens is 1. The van der Waals surface area contributed by atoms with Gasteiger partial charge in [-0.1, -0.05) is 0 Å². The average Bonchev–Trinajstić information content (AvgIpc) is 2.31. The van der Waals surface area contributed by atoms with E-state index in [1.807, 2.05) is 0 Å². The number of hydrogen-bond donors (Lipinski definition) is 2. The van der Waals surface area contributed by atoms with Crippen LogP contribution in [0.3, 0.4) is 0 Å². The second-order valence-electron chi connectivity index (χ2n) is 4.86. The van der Waals surface area contributed by atoms with Crippen molar-refractivity contribution in [2.75, 3.05) is 13.7 Å². The maximum Gasteiger partial charge on any atom is 0.305 e. The minimum atomic E-state index is -1.08. The number of nitrogens with one attached hydrogen (secondary N) is 1. The first-order chi connectivity index (χ1) is 9.29. The van der Waals surface area contributed by atoms with E-state index in [1.54, 1.807) is 13.0 Å². The summed E-state index contributed by atoms with van der Waals surface area (Å²) in [6.07, 6.45) is 1.23. The zero-order valence-electron chi connectivity index (χ0n) is 11.7. The second-order valence-corrected chi connectivity index (χ2v) is 4.86. The van der Waals surface area contributed by atoms with Gasteiger partial charge in [0.1, 0.15) is 5.56 Å². The van der Waals surface area contributed by atoms with Gasteiger partial charge in [-0.25, -0.2) is 0 Å². The molecular weight excluding hydrogens is 264 g/mol. The van der Waals surface area contributed by atoms with E-state index in [-0.39, 0.29) is 18.6 Å². The van der Waals surface area contributed by atoms with E-state index in [4.69, 9.17) is 9.84 Å². The molecule has 0 saturated heterocycles. The van der Waals surface area contributed by atoms with Crippen molar-refractivity contribution in [1.29, 1.82) is 0 Å². The van der Waals surface area contributed by atoms with Gasteiger partial charge in [0, 0.05) is 20.4 Å². The quantitative estimate of drug-likeness (QED) is 0.765. The maximum absolute atomic E-state index is 12.1. The number of carbonyl (C=O) groups excluding carboxylic acids is 1. The van der Waals surface area contributed by atoms with Crippen LogP contribution in [-0.2, 0) is 16.6 Å². The van der Waals surface area contributed by atoms with Crippen molar-refractivity contribution in [2.45, 2.75) is 18.9 Å². The van der Waals surface area contributed by atoms with Crippen LogP contribution >= 0.6 is 0 Å². The summed E-state index contributed by atoms with van der Waals surface area (Å²) in [5.41, 5.74) is -1.57. The molecule has 20 heavy (non-hydrogen) atoms. The zero-order chi connectivity index (χ0) is 15.3. The molecule has 1 rings (SSSR count). The average molecular weight is 282 g/mol. The van der Waals surface area contributed by atoms with E-state index in [1.165, 1.54) is 31.0 Å². The van der Waals surface area contributed by atoms with E-state index in [2.05, 4.69) is 5.32 Å². The molecular formula is C13H18N2O5. The number of carbonyl (C=O) groups is 2. The number of pyridine rings is 1. The lowest BCUT2D eigenvalue weighted by Crippen LogP contribution is -2.51. The van der Waals surface area contributed by atoms with Gasteiger partial charge in [0.25, 0.3) is 11.5 Å². The van der Waals surface area contributed by atoms with Crippen molar-refractivity contribution in [1.82, 2.24) is 9.88 Å². The van der Waals surface area contributed by atoms with Crippen LogP contribution in [0.4, 0.5) is 0 Å². The van der Waals surface area contributed by atoms with E-state index in [9.17, 15) is 14.4 Å². The molecule has 1 amide bonds. The van der Waals surface area contributed by atoms with Gasteiger partial charge in [-0.15, -0.1) is 0 Å². The number of aryl methyl sites for hydroxylation is 1. The van der Waals surface area contributed by atoms with Gasteiger partial charge in [-0.05, 0) is 19.1 Å². The minimum Gasteiger partial charge on any atom is -0.481 e. The Morgan fingerprint density at radius 1 is 1.50 bits per heavy atom. The van der Waals surface area contributed by atoms with Crippen molar-refractivity contribution in [2.24, 2.45) is 7.05 Å². The lowest BCUT2D eigenvalue weighted by Gasteiger charge is -2.28. The summed E-state index contributed by atoms with van der Waals surface area (Å²) in [6.45, 7) is 1.58. The SMILES string of the molecule is COCC(C)(CC(=O)O)NC(=O)c1cccn(C)c1=O. The number of hydrogen-bond acceptors (Lipinski definition) is 4. The Morgan fingerprint density at radius 2 is 2.15 bits per heavy atom. The number of amides is 1. The summed E-state index contributed by atoms with van der Waals surface area (Å²) < 4.78 is 6.21. The fourth-order valence-corrected chi connectivity index (χ4v) is 1.90. The lowest BCUT2D eigenvalue weighted by atomic mass is 9.98. The number of carboxylic acid groups (broad SMARTS) is 1. The number of rotatable bonds is 6. The van der Waals surface area contributed by atoms with Crippen LogP contribution in [-0.4, -0.2) is 40.8 Å². The number of carboxylic acids is 1. The molecule has 1 atom stereocenters. The Bertz CT molecular complexity index is 566. The van der Waals surface area contributed by atoms with Gasteiger partial charge in [0.2, 0.25) is 0 Å². The highest BCUT2D eigenvalue weighted by Gasteiger charge is 2.30. The highest BCUT2D eigenvalue weighted by Crippen LogP contribution is 2.11. The summed E-state index contributed by atoms with van der Waals surface area (Å²) in [4.78, 5) is 34.8. The molecule has 1 aromatic rings. The predicted molar refractivity (Wildman–Crippen MR) is 71.7 cm³/mol. The third-order valence-electron chi connectivity index (χ3n) is 2.79. The van der Waals surface area contributed by atoms with Gasteiger partial charge in [0.15, 0.2) is 0 Å². The third-order valence-corrected chi connectivity index (χ3v) is 2.79. The number of aliphatic carboxylic acids is 1.